The monoisotopic (exact) mass is 356 g/mol. The van der Waals surface area contributed by atoms with E-state index >= 15 is 0 Å². The fraction of sp³-hybridized carbons (Fsp3) is 0.316. The van der Waals surface area contributed by atoms with Gasteiger partial charge in [0, 0.05) is 23.3 Å². The van der Waals surface area contributed by atoms with Gasteiger partial charge < -0.3 is 5.32 Å². The lowest BCUT2D eigenvalue weighted by atomic mass is 9.92. The van der Waals surface area contributed by atoms with Gasteiger partial charge in [0.1, 0.15) is 0 Å². The van der Waals surface area contributed by atoms with Crippen molar-refractivity contribution in [3.05, 3.63) is 47.2 Å². The molecule has 2 aromatic heterocycles. The second-order valence-corrected chi connectivity index (χ2v) is 7.77. The molecule has 0 fully saturated rings. The molecule has 1 N–H and O–H groups in total. The summed E-state index contributed by atoms with van der Waals surface area (Å²) < 4.78 is 1.75. The number of carbonyl (C=O) groups is 1. The second-order valence-electron chi connectivity index (χ2n) is 7.34. The smallest absolute Gasteiger partial charge is 0.226 e. The summed E-state index contributed by atoms with van der Waals surface area (Å²) in [5, 5.41) is 8.18. The number of hydrogen-bond donors (Lipinski definition) is 1. The molecule has 0 spiro atoms. The molecular weight excluding hydrogens is 336 g/mol. The van der Waals surface area contributed by atoms with Gasteiger partial charge in [0.15, 0.2) is 11.5 Å². The van der Waals surface area contributed by atoms with Gasteiger partial charge >= 0.3 is 0 Å². The molecule has 130 valence electrons. The molecule has 3 rings (SSSR count). The lowest BCUT2D eigenvalue weighted by molar-refractivity contribution is -0.117. The molecular formula is C19H21ClN4O. The number of rotatable bonds is 3. The molecule has 0 unspecified atom stereocenters. The van der Waals surface area contributed by atoms with Gasteiger partial charge in [-0.15, -0.1) is 5.10 Å². The third-order valence-corrected chi connectivity index (χ3v) is 4.04. The number of amides is 1. The summed E-state index contributed by atoms with van der Waals surface area (Å²) in [6, 6.07) is 9.33. The highest BCUT2D eigenvalue weighted by atomic mass is 35.5. The number of nitrogens with one attached hydrogen (secondary N) is 1. The van der Waals surface area contributed by atoms with Crippen molar-refractivity contribution in [1.82, 2.24) is 14.6 Å². The van der Waals surface area contributed by atoms with E-state index in [1.165, 1.54) is 0 Å². The van der Waals surface area contributed by atoms with Crippen molar-refractivity contribution in [1.29, 1.82) is 0 Å². The zero-order valence-electron chi connectivity index (χ0n) is 14.8. The van der Waals surface area contributed by atoms with E-state index in [1.807, 2.05) is 58.0 Å². The fourth-order valence-corrected chi connectivity index (χ4v) is 2.81. The fourth-order valence-electron chi connectivity index (χ4n) is 2.69. The molecule has 1 amide bonds. The van der Waals surface area contributed by atoms with Crippen LogP contribution < -0.4 is 5.32 Å². The van der Waals surface area contributed by atoms with Gasteiger partial charge in [-0.2, -0.15) is 0 Å². The van der Waals surface area contributed by atoms with E-state index in [2.05, 4.69) is 15.4 Å². The molecule has 0 aliphatic rings. The van der Waals surface area contributed by atoms with Gasteiger partial charge in [-0.1, -0.05) is 44.5 Å². The minimum atomic E-state index is -0.0994. The minimum Gasteiger partial charge on any atom is -0.309 e. The predicted molar refractivity (Wildman–Crippen MR) is 101 cm³/mol. The van der Waals surface area contributed by atoms with Crippen LogP contribution in [-0.4, -0.2) is 20.5 Å². The number of fused-ring (bicyclic) bond motifs is 1. The number of benzene rings is 1. The standard InChI is InChI=1S/C19H21ClN4O/c1-12-9-10-21-18-16(13-5-7-14(20)8-6-13)17(23-24(12)18)22-15(25)11-19(2,3)4/h5-10H,11H2,1-4H3,(H,22,23,25). The molecule has 1 aromatic carbocycles. The van der Waals surface area contributed by atoms with Gasteiger partial charge in [-0.3, -0.25) is 4.79 Å². The molecule has 0 radical (unpaired) electrons. The number of halogens is 1. The quantitative estimate of drug-likeness (QED) is 0.737. The number of aryl methyl sites for hydroxylation is 1. The second kappa shape index (κ2) is 6.48. The number of aromatic nitrogens is 3. The topological polar surface area (TPSA) is 59.3 Å². The zero-order valence-corrected chi connectivity index (χ0v) is 15.6. The molecule has 0 saturated heterocycles. The van der Waals surface area contributed by atoms with Crippen LogP contribution in [0.3, 0.4) is 0 Å². The van der Waals surface area contributed by atoms with E-state index in [1.54, 1.807) is 10.7 Å². The van der Waals surface area contributed by atoms with Crippen LogP contribution in [0.25, 0.3) is 16.8 Å². The largest absolute Gasteiger partial charge is 0.309 e. The van der Waals surface area contributed by atoms with Crippen molar-refractivity contribution in [2.45, 2.75) is 34.1 Å². The van der Waals surface area contributed by atoms with E-state index in [4.69, 9.17) is 11.6 Å². The number of hydrogen-bond acceptors (Lipinski definition) is 3. The first-order valence-corrected chi connectivity index (χ1v) is 8.52. The minimum absolute atomic E-state index is 0.0660. The van der Waals surface area contributed by atoms with Crippen LogP contribution in [0.1, 0.15) is 32.9 Å². The summed E-state index contributed by atoms with van der Waals surface area (Å²) in [6.07, 6.45) is 2.15. The molecule has 0 atom stereocenters. The van der Waals surface area contributed by atoms with Gasteiger partial charge in [0.2, 0.25) is 5.91 Å². The molecule has 0 aliphatic carbocycles. The molecule has 3 aromatic rings. The molecule has 6 heteroatoms. The van der Waals surface area contributed by atoms with E-state index < -0.39 is 0 Å². The third-order valence-electron chi connectivity index (χ3n) is 3.79. The van der Waals surface area contributed by atoms with E-state index in [9.17, 15) is 4.79 Å². The van der Waals surface area contributed by atoms with Crippen molar-refractivity contribution in [3.63, 3.8) is 0 Å². The Kier molecular flexibility index (Phi) is 4.52. The van der Waals surface area contributed by atoms with Crippen LogP contribution in [0.2, 0.25) is 5.02 Å². The summed E-state index contributed by atoms with van der Waals surface area (Å²) in [7, 11) is 0. The molecule has 25 heavy (non-hydrogen) atoms. The first-order chi connectivity index (χ1) is 11.7. The van der Waals surface area contributed by atoms with Gasteiger partial charge in [0.25, 0.3) is 0 Å². The predicted octanol–water partition coefficient (Wildman–Crippen LogP) is 4.73. The number of anilines is 1. The average Bonchev–Trinajstić information content (AvgIpc) is 2.85. The van der Waals surface area contributed by atoms with Crippen LogP contribution in [-0.2, 0) is 4.79 Å². The molecule has 0 aliphatic heterocycles. The molecule has 0 bridgehead atoms. The Labute approximate surface area is 152 Å². The molecule has 2 heterocycles. The van der Waals surface area contributed by atoms with Gasteiger partial charge in [-0.25, -0.2) is 9.50 Å². The maximum atomic E-state index is 12.4. The highest BCUT2D eigenvalue weighted by Gasteiger charge is 2.21. The van der Waals surface area contributed by atoms with Crippen LogP contribution in [0.5, 0.6) is 0 Å². The first kappa shape index (κ1) is 17.4. The zero-order chi connectivity index (χ0) is 18.2. The Morgan fingerprint density at radius 1 is 1.20 bits per heavy atom. The van der Waals surface area contributed by atoms with Crippen molar-refractivity contribution >= 4 is 29.0 Å². The Bertz CT molecular complexity index is 923. The normalized spacial score (nSPS) is 11.7. The SMILES string of the molecule is Cc1ccnc2c(-c3ccc(Cl)cc3)c(NC(=O)CC(C)(C)C)nn12. The maximum absolute atomic E-state index is 12.4. The van der Waals surface area contributed by atoms with Crippen molar-refractivity contribution in [2.24, 2.45) is 5.41 Å². The first-order valence-electron chi connectivity index (χ1n) is 8.15. The highest BCUT2D eigenvalue weighted by Crippen LogP contribution is 2.33. The van der Waals surface area contributed by atoms with Gasteiger partial charge in [-0.05, 0) is 36.1 Å². The van der Waals surface area contributed by atoms with Crippen molar-refractivity contribution < 1.29 is 4.79 Å². The highest BCUT2D eigenvalue weighted by molar-refractivity contribution is 6.30. The Morgan fingerprint density at radius 3 is 2.52 bits per heavy atom. The van der Waals surface area contributed by atoms with Crippen LogP contribution in [0.15, 0.2) is 36.5 Å². The van der Waals surface area contributed by atoms with Gasteiger partial charge in [0.05, 0.1) is 5.56 Å². The summed E-state index contributed by atoms with van der Waals surface area (Å²) in [6.45, 7) is 8.04. The summed E-state index contributed by atoms with van der Waals surface area (Å²) >= 11 is 6.01. The van der Waals surface area contributed by atoms with Crippen LogP contribution >= 0.6 is 11.6 Å². The summed E-state index contributed by atoms with van der Waals surface area (Å²) in [5.74, 6) is 0.446. The van der Waals surface area contributed by atoms with Crippen LogP contribution in [0, 0.1) is 12.3 Å². The molecule has 0 saturated carbocycles. The Morgan fingerprint density at radius 2 is 1.88 bits per heavy atom. The number of nitrogens with zero attached hydrogens (tertiary/aromatic N) is 3. The van der Waals surface area contributed by atoms with E-state index in [0.717, 1.165) is 16.8 Å². The number of carbonyl (C=O) groups excluding carboxylic acids is 1. The summed E-state index contributed by atoms with van der Waals surface area (Å²) in [5.41, 5.74) is 3.24. The molecule has 5 nitrogen and oxygen atoms in total. The third kappa shape index (κ3) is 3.82. The Hall–Kier alpha value is -2.40. The summed E-state index contributed by atoms with van der Waals surface area (Å²) in [4.78, 5) is 16.9. The van der Waals surface area contributed by atoms with Crippen LogP contribution in [0.4, 0.5) is 5.82 Å². The van der Waals surface area contributed by atoms with E-state index in [0.29, 0.717) is 22.9 Å². The van der Waals surface area contributed by atoms with E-state index in [-0.39, 0.29) is 11.3 Å². The average molecular weight is 357 g/mol. The van der Waals surface area contributed by atoms with Crippen molar-refractivity contribution in [3.8, 4) is 11.1 Å². The Balaban J connectivity index is 2.11. The van der Waals surface area contributed by atoms with Crippen molar-refractivity contribution in [2.75, 3.05) is 5.32 Å². The lowest BCUT2D eigenvalue weighted by Crippen LogP contribution is -2.20. The lowest BCUT2D eigenvalue weighted by Gasteiger charge is -2.16. The maximum Gasteiger partial charge on any atom is 0.226 e.